The molecule has 1 aromatic carbocycles. The standard InChI is InChI=1S/C18H23BrClN5O4S/c1-3-28-18(26)25-30(2,27)15-7-6-12(21)10-14(15)29-9-5-4-8-22-16-13(19)11-23-17(20)24-16/h6-7,10-11H,2-5,8-9,21H2,1H3,(H,22,23,24)(H,25,26,27). The summed E-state index contributed by atoms with van der Waals surface area (Å²) in [5, 5.41) is 3.31. The number of amides is 1. The van der Waals surface area contributed by atoms with Crippen molar-refractivity contribution in [2.45, 2.75) is 24.7 Å². The largest absolute Gasteiger partial charge is 0.492 e. The van der Waals surface area contributed by atoms with Crippen LogP contribution < -0.4 is 20.5 Å². The molecule has 9 nitrogen and oxygen atoms in total. The molecule has 1 heterocycles. The zero-order valence-corrected chi connectivity index (χ0v) is 19.5. The van der Waals surface area contributed by atoms with E-state index in [1.54, 1.807) is 25.3 Å². The van der Waals surface area contributed by atoms with Crippen molar-refractivity contribution in [1.29, 1.82) is 0 Å². The molecule has 0 spiro atoms. The van der Waals surface area contributed by atoms with Gasteiger partial charge in [0.25, 0.3) is 0 Å². The van der Waals surface area contributed by atoms with Crippen LogP contribution in [0.1, 0.15) is 19.8 Å². The number of ether oxygens (including phenoxy) is 2. The average Bonchev–Trinajstić information content (AvgIpc) is 2.66. The maximum Gasteiger partial charge on any atom is 0.418 e. The van der Waals surface area contributed by atoms with Crippen molar-refractivity contribution in [3.8, 4) is 5.75 Å². The lowest BCUT2D eigenvalue weighted by Gasteiger charge is -2.16. The van der Waals surface area contributed by atoms with Crippen LogP contribution in [0.25, 0.3) is 0 Å². The van der Waals surface area contributed by atoms with Crippen LogP contribution in [0, 0.1) is 0 Å². The van der Waals surface area contributed by atoms with Gasteiger partial charge < -0.3 is 20.5 Å². The highest BCUT2D eigenvalue weighted by Crippen LogP contribution is 2.27. The van der Waals surface area contributed by atoms with Crippen molar-refractivity contribution in [3.63, 3.8) is 0 Å². The predicted molar refractivity (Wildman–Crippen MR) is 123 cm³/mol. The van der Waals surface area contributed by atoms with Crippen LogP contribution in [-0.2, 0) is 14.4 Å². The summed E-state index contributed by atoms with van der Waals surface area (Å²) < 4.78 is 26.4. The van der Waals surface area contributed by atoms with Gasteiger partial charge in [0.05, 0.1) is 32.3 Å². The Labute approximate surface area is 189 Å². The minimum atomic E-state index is -3.17. The quantitative estimate of drug-likeness (QED) is 0.188. The molecule has 0 saturated carbocycles. The van der Waals surface area contributed by atoms with E-state index in [0.717, 1.165) is 6.42 Å². The van der Waals surface area contributed by atoms with Gasteiger partial charge >= 0.3 is 6.09 Å². The zero-order valence-electron chi connectivity index (χ0n) is 16.3. The Kier molecular flexibility index (Phi) is 9.00. The Hall–Kier alpha value is -2.24. The van der Waals surface area contributed by atoms with E-state index in [1.807, 2.05) is 0 Å². The number of nitrogens with two attached hydrogens (primary N) is 1. The predicted octanol–water partition coefficient (Wildman–Crippen LogP) is 3.48. The molecular weight excluding hydrogens is 498 g/mol. The Balaban J connectivity index is 1.91. The molecule has 12 heteroatoms. The van der Waals surface area contributed by atoms with Crippen LogP contribution in [0.15, 0.2) is 33.8 Å². The van der Waals surface area contributed by atoms with Crippen molar-refractivity contribution >= 4 is 60.7 Å². The summed E-state index contributed by atoms with van der Waals surface area (Å²) in [7, 11) is -3.17. The van der Waals surface area contributed by atoms with Crippen LogP contribution >= 0.6 is 27.5 Å². The first kappa shape index (κ1) is 24.0. The molecule has 1 atom stereocenters. The maximum absolute atomic E-state index is 12.9. The number of hydrogen-bond acceptors (Lipinski definition) is 8. The number of rotatable bonds is 10. The molecule has 0 aliphatic rings. The van der Waals surface area contributed by atoms with Crippen LogP contribution in [0.3, 0.4) is 0 Å². The van der Waals surface area contributed by atoms with E-state index in [4.69, 9.17) is 26.8 Å². The number of aromatic nitrogens is 2. The van der Waals surface area contributed by atoms with Gasteiger partial charge in [-0.25, -0.2) is 18.7 Å². The van der Waals surface area contributed by atoms with Crippen molar-refractivity contribution < 1.29 is 18.5 Å². The highest BCUT2D eigenvalue weighted by Gasteiger charge is 2.18. The Bertz CT molecular complexity index is 991. The fraction of sp³-hybridized carbons (Fsp3) is 0.333. The second-order valence-electron chi connectivity index (χ2n) is 6.02. The number of anilines is 2. The molecule has 0 aliphatic heterocycles. The fourth-order valence-electron chi connectivity index (χ4n) is 2.35. The number of halogens is 2. The highest BCUT2D eigenvalue weighted by molar-refractivity contribution is 9.10. The zero-order chi connectivity index (χ0) is 22.1. The molecule has 2 aromatic rings. The molecule has 1 amide bonds. The van der Waals surface area contributed by atoms with Gasteiger partial charge in [0.1, 0.15) is 11.6 Å². The molecular formula is C18H23BrClN5O4S. The Morgan fingerprint density at radius 2 is 2.17 bits per heavy atom. The van der Waals surface area contributed by atoms with Crippen LogP contribution in [0.4, 0.5) is 16.3 Å². The van der Waals surface area contributed by atoms with Gasteiger partial charge in [0, 0.05) is 24.5 Å². The van der Waals surface area contributed by atoms with Crippen molar-refractivity contribution in [2.24, 2.45) is 0 Å². The van der Waals surface area contributed by atoms with Gasteiger partial charge in [-0.1, -0.05) is 0 Å². The SMILES string of the molecule is C=S(=O)(NC(=O)OCC)c1ccc(N)cc1OCCCCNc1nc(Cl)ncc1Br. The minimum Gasteiger partial charge on any atom is -0.492 e. The summed E-state index contributed by atoms with van der Waals surface area (Å²) >= 11 is 9.13. The molecule has 0 aliphatic carbocycles. The lowest BCUT2D eigenvalue weighted by molar-refractivity contribution is 0.159. The third-order valence-corrected chi connectivity index (χ3v) is 5.99. The number of nitrogens with zero attached hydrogens (tertiary/aromatic N) is 2. The summed E-state index contributed by atoms with van der Waals surface area (Å²) in [6, 6.07) is 4.63. The number of carbonyl (C=O) groups excluding carboxylic acids is 1. The lowest BCUT2D eigenvalue weighted by Crippen LogP contribution is -2.31. The van der Waals surface area contributed by atoms with Gasteiger partial charge in [-0.15, -0.1) is 0 Å². The molecule has 2 rings (SSSR count). The highest BCUT2D eigenvalue weighted by atomic mass is 79.9. The smallest absolute Gasteiger partial charge is 0.418 e. The number of carbonyl (C=O) groups is 1. The maximum atomic E-state index is 12.9. The first-order valence-electron chi connectivity index (χ1n) is 8.99. The summed E-state index contributed by atoms with van der Waals surface area (Å²) in [5.74, 6) is 4.52. The van der Waals surface area contributed by atoms with E-state index < -0.39 is 15.8 Å². The molecule has 30 heavy (non-hydrogen) atoms. The van der Waals surface area contributed by atoms with E-state index >= 15 is 0 Å². The minimum absolute atomic E-state index is 0.151. The molecule has 0 radical (unpaired) electrons. The number of hydrogen-bond donors (Lipinski definition) is 3. The van der Waals surface area contributed by atoms with Crippen molar-refractivity contribution in [3.05, 3.63) is 34.2 Å². The van der Waals surface area contributed by atoms with Gasteiger partial charge in [-0.2, -0.15) is 4.98 Å². The first-order valence-corrected chi connectivity index (χ1v) is 11.9. The molecule has 0 bridgehead atoms. The topological polar surface area (TPSA) is 128 Å². The molecule has 0 fully saturated rings. The summed E-state index contributed by atoms with van der Waals surface area (Å²) in [6.07, 6.45) is 2.22. The van der Waals surface area contributed by atoms with E-state index in [2.05, 4.69) is 41.8 Å². The van der Waals surface area contributed by atoms with E-state index in [1.165, 1.54) is 6.07 Å². The van der Waals surface area contributed by atoms with Gasteiger partial charge in [-0.3, -0.25) is 0 Å². The third kappa shape index (κ3) is 7.22. The Morgan fingerprint density at radius 1 is 1.40 bits per heavy atom. The summed E-state index contributed by atoms with van der Waals surface area (Å²) in [5.41, 5.74) is 6.26. The average molecular weight is 521 g/mol. The number of unbranched alkanes of at least 4 members (excludes halogenated alkanes) is 1. The third-order valence-electron chi connectivity index (χ3n) is 3.68. The van der Waals surface area contributed by atoms with Crippen molar-refractivity contribution in [2.75, 3.05) is 30.8 Å². The summed E-state index contributed by atoms with van der Waals surface area (Å²) in [6.45, 7) is 2.78. The molecule has 1 unspecified atom stereocenters. The Morgan fingerprint density at radius 3 is 2.90 bits per heavy atom. The van der Waals surface area contributed by atoms with Crippen LogP contribution in [0.2, 0.25) is 5.28 Å². The summed E-state index contributed by atoms with van der Waals surface area (Å²) in [4.78, 5) is 19.9. The van der Waals surface area contributed by atoms with Gasteiger partial charge in [0.2, 0.25) is 5.28 Å². The number of nitrogen functional groups attached to an aromatic ring is 1. The second kappa shape index (κ2) is 11.2. The van der Waals surface area contributed by atoms with Gasteiger partial charge in [0.15, 0.2) is 0 Å². The van der Waals surface area contributed by atoms with E-state index in [-0.39, 0.29) is 16.8 Å². The second-order valence-corrected chi connectivity index (χ2v) is 9.21. The first-order chi connectivity index (χ1) is 14.2. The van der Waals surface area contributed by atoms with Crippen molar-refractivity contribution in [1.82, 2.24) is 14.7 Å². The van der Waals surface area contributed by atoms with Crippen LogP contribution in [0.5, 0.6) is 5.75 Å². The fourth-order valence-corrected chi connectivity index (χ4v) is 3.98. The molecule has 164 valence electrons. The number of benzene rings is 1. The van der Waals surface area contributed by atoms with E-state index in [9.17, 15) is 9.00 Å². The molecule has 1 aromatic heterocycles. The molecule has 4 N–H and O–H groups in total. The normalized spacial score (nSPS) is 12.6. The van der Waals surface area contributed by atoms with Gasteiger partial charge in [-0.05, 0) is 65.3 Å². The molecule has 0 saturated heterocycles. The lowest BCUT2D eigenvalue weighted by atomic mass is 10.3. The number of nitrogens with one attached hydrogen (secondary N) is 2. The van der Waals surface area contributed by atoms with Crippen LogP contribution in [-0.4, -0.2) is 45.9 Å². The van der Waals surface area contributed by atoms with E-state index in [0.29, 0.717) is 41.3 Å². The monoisotopic (exact) mass is 519 g/mol.